The summed E-state index contributed by atoms with van der Waals surface area (Å²) in [4.78, 5) is 2.55. The van der Waals surface area contributed by atoms with Gasteiger partial charge in [-0.25, -0.2) is 0 Å². The fourth-order valence-corrected chi connectivity index (χ4v) is 2.89. The number of piperidine rings is 1. The standard InChI is InChI=1S/C15H32N2O/c1-5-8-17-9-6-13(7-10-17)16-14(12-18)11-15(2,3)4/h13-14,16,18H,5-12H2,1-4H3. The van der Waals surface area contributed by atoms with Crippen LogP contribution >= 0.6 is 0 Å². The van der Waals surface area contributed by atoms with Crippen LogP contribution in [0.3, 0.4) is 0 Å². The van der Waals surface area contributed by atoms with Crippen LogP contribution < -0.4 is 5.32 Å². The second-order valence-electron chi connectivity index (χ2n) is 6.93. The topological polar surface area (TPSA) is 35.5 Å². The van der Waals surface area contributed by atoms with Crippen molar-refractivity contribution < 1.29 is 5.11 Å². The maximum atomic E-state index is 9.48. The maximum absolute atomic E-state index is 9.48. The number of rotatable bonds is 6. The third kappa shape index (κ3) is 6.17. The van der Waals surface area contributed by atoms with Gasteiger partial charge < -0.3 is 15.3 Å². The summed E-state index contributed by atoms with van der Waals surface area (Å²) in [6.45, 7) is 12.9. The summed E-state index contributed by atoms with van der Waals surface area (Å²) in [5.41, 5.74) is 0.281. The Hall–Kier alpha value is -0.120. The van der Waals surface area contributed by atoms with Gasteiger partial charge in [-0.2, -0.15) is 0 Å². The van der Waals surface area contributed by atoms with Gasteiger partial charge in [0.25, 0.3) is 0 Å². The molecule has 3 nitrogen and oxygen atoms in total. The van der Waals surface area contributed by atoms with Crippen molar-refractivity contribution in [1.29, 1.82) is 0 Å². The fraction of sp³-hybridized carbons (Fsp3) is 1.00. The van der Waals surface area contributed by atoms with Gasteiger partial charge in [-0.15, -0.1) is 0 Å². The maximum Gasteiger partial charge on any atom is 0.0584 e. The van der Waals surface area contributed by atoms with Crippen LogP contribution in [0, 0.1) is 5.41 Å². The lowest BCUT2D eigenvalue weighted by molar-refractivity contribution is 0.152. The number of nitrogens with one attached hydrogen (secondary N) is 1. The monoisotopic (exact) mass is 256 g/mol. The van der Waals surface area contributed by atoms with Gasteiger partial charge in [0, 0.05) is 12.1 Å². The molecule has 0 spiro atoms. The summed E-state index contributed by atoms with van der Waals surface area (Å²) >= 11 is 0. The Morgan fingerprint density at radius 3 is 2.33 bits per heavy atom. The zero-order chi connectivity index (χ0) is 13.6. The van der Waals surface area contributed by atoms with Gasteiger partial charge in [0.1, 0.15) is 0 Å². The molecule has 1 atom stereocenters. The molecule has 0 radical (unpaired) electrons. The van der Waals surface area contributed by atoms with Crippen molar-refractivity contribution in [2.24, 2.45) is 5.41 Å². The van der Waals surface area contributed by atoms with E-state index in [1.165, 1.54) is 38.9 Å². The highest BCUT2D eigenvalue weighted by molar-refractivity contribution is 4.82. The van der Waals surface area contributed by atoms with Crippen LogP contribution in [-0.2, 0) is 0 Å². The first-order chi connectivity index (χ1) is 8.44. The molecular formula is C15H32N2O. The van der Waals surface area contributed by atoms with Gasteiger partial charge in [-0.05, 0) is 50.7 Å². The third-order valence-electron chi connectivity index (χ3n) is 3.68. The summed E-state index contributed by atoms with van der Waals surface area (Å²) in [6.07, 6.45) is 4.74. The van der Waals surface area contributed by atoms with E-state index >= 15 is 0 Å². The Balaban J connectivity index is 2.30. The molecule has 3 heteroatoms. The lowest BCUT2D eigenvalue weighted by Crippen LogP contribution is -2.48. The summed E-state index contributed by atoms with van der Waals surface area (Å²) in [6, 6.07) is 0.852. The molecule has 0 aliphatic carbocycles. The molecule has 1 heterocycles. The highest BCUT2D eigenvalue weighted by Gasteiger charge is 2.23. The molecule has 1 aliphatic heterocycles. The molecule has 0 aromatic heterocycles. The van der Waals surface area contributed by atoms with E-state index in [9.17, 15) is 5.11 Å². The smallest absolute Gasteiger partial charge is 0.0584 e. The van der Waals surface area contributed by atoms with Crippen LogP contribution in [0.2, 0.25) is 0 Å². The van der Waals surface area contributed by atoms with Gasteiger partial charge in [0.2, 0.25) is 0 Å². The first-order valence-corrected chi connectivity index (χ1v) is 7.54. The van der Waals surface area contributed by atoms with Crippen LogP contribution in [0.5, 0.6) is 0 Å². The molecule has 2 N–H and O–H groups in total. The molecule has 0 bridgehead atoms. The van der Waals surface area contributed by atoms with Crippen molar-refractivity contribution in [2.45, 2.75) is 65.5 Å². The first kappa shape index (κ1) is 15.9. The van der Waals surface area contributed by atoms with E-state index in [-0.39, 0.29) is 18.1 Å². The Labute approximate surface area is 113 Å². The SMILES string of the molecule is CCCN1CCC(NC(CO)CC(C)(C)C)CC1. The van der Waals surface area contributed by atoms with Crippen molar-refractivity contribution in [3.63, 3.8) is 0 Å². The zero-order valence-electron chi connectivity index (χ0n) is 12.7. The van der Waals surface area contributed by atoms with Crippen molar-refractivity contribution in [3.05, 3.63) is 0 Å². The molecule has 1 unspecified atom stereocenters. The number of nitrogens with zero attached hydrogens (tertiary/aromatic N) is 1. The minimum absolute atomic E-state index is 0.256. The second-order valence-corrected chi connectivity index (χ2v) is 6.93. The van der Waals surface area contributed by atoms with Crippen LogP contribution in [0.25, 0.3) is 0 Å². The molecule has 0 aromatic carbocycles. The highest BCUT2D eigenvalue weighted by Crippen LogP contribution is 2.21. The average Bonchev–Trinajstić information content (AvgIpc) is 2.29. The molecule has 0 amide bonds. The van der Waals surface area contributed by atoms with E-state index in [0.717, 1.165) is 6.42 Å². The molecule has 18 heavy (non-hydrogen) atoms. The van der Waals surface area contributed by atoms with Crippen molar-refractivity contribution in [1.82, 2.24) is 10.2 Å². The van der Waals surface area contributed by atoms with E-state index in [2.05, 4.69) is 37.9 Å². The highest BCUT2D eigenvalue weighted by atomic mass is 16.3. The summed E-state index contributed by atoms with van der Waals surface area (Å²) < 4.78 is 0. The molecule has 1 saturated heterocycles. The quantitative estimate of drug-likeness (QED) is 0.765. The van der Waals surface area contributed by atoms with Gasteiger partial charge in [0.05, 0.1) is 6.61 Å². The molecule has 1 rings (SSSR count). The Morgan fingerprint density at radius 1 is 1.28 bits per heavy atom. The Kier molecular flexibility index (Phi) is 6.61. The fourth-order valence-electron chi connectivity index (χ4n) is 2.89. The predicted octanol–water partition coefficient (Wildman–Crippen LogP) is 2.25. The minimum Gasteiger partial charge on any atom is -0.395 e. The van der Waals surface area contributed by atoms with Crippen LogP contribution in [0.15, 0.2) is 0 Å². The average molecular weight is 256 g/mol. The van der Waals surface area contributed by atoms with Crippen LogP contribution in [0.1, 0.15) is 53.4 Å². The summed E-state index contributed by atoms with van der Waals surface area (Å²) in [5, 5.41) is 13.1. The Morgan fingerprint density at radius 2 is 1.89 bits per heavy atom. The summed E-state index contributed by atoms with van der Waals surface area (Å²) in [7, 11) is 0. The normalized spacial score (nSPS) is 21.2. The van der Waals surface area contributed by atoms with E-state index < -0.39 is 0 Å². The summed E-state index contributed by atoms with van der Waals surface area (Å²) in [5.74, 6) is 0. The van der Waals surface area contributed by atoms with Crippen LogP contribution in [0.4, 0.5) is 0 Å². The van der Waals surface area contributed by atoms with E-state index in [0.29, 0.717) is 6.04 Å². The van der Waals surface area contributed by atoms with Gasteiger partial charge in [0.15, 0.2) is 0 Å². The Bertz CT molecular complexity index is 217. The van der Waals surface area contributed by atoms with Gasteiger partial charge in [-0.3, -0.25) is 0 Å². The zero-order valence-corrected chi connectivity index (χ0v) is 12.7. The van der Waals surface area contributed by atoms with Gasteiger partial charge in [-0.1, -0.05) is 27.7 Å². The third-order valence-corrected chi connectivity index (χ3v) is 3.68. The number of hydrogen-bond donors (Lipinski definition) is 2. The molecule has 108 valence electrons. The molecule has 0 aromatic rings. The second kappa shape index (κ2) is 7.46. The molecule has 0 saturated carbocycles. The first-order valence-electron chi connectivity index (χ1n) is 7.54. The lowest BCUT2D eigenvalue weighted by Gasteiger charge is -2.35. The van der Waals surface area contributed by atoms with Gasteiger partial charge >= 0.3 is 0 Å². The number of aliphatic hydroxyl groups excluding tert-OH is 1. The van der Waals surface area contributed by atoms with Crippen LogP contribution in [-0.4, -0.2) is 48.3 Å². The van der Waals surface area contributed by atoms with E-state index in [1.807, 2.05) is 0 Å². The van der Waals surface area contributed by atoms with E-state index in [4.69, 9.17) is 0 Å². The van der Waals surface area contributed by atoms with E-state index in [1.54, 1.807) is 0 Å². The number of hydrogen-bond acceptors (Lipinski definition) is 3. The predicted molar refractivity (Wildman–Crippen MR) is 77.8 cm³/mol. The molecule has 1 aliphatic rings. The van der Waals surface area contributed by atoms with Crippen molar-refractivity contribution in [3.8, 4) is 0 Å². The molecular weight excluding hydrogens is 224 g/mol. The largest absolute Gasteiger partial charge is 0.395 e. The number of likely N-dealkylation sites (tertiary alicyclic amines) is 1. The van der Waals surface area contributed by atoms with Crippen molar-refractivity contribution >= 4 is 0 Å². The lowest BCUT2D eigenvalue weighted by atomic mass is 9.87. The van der Waals surface area contributed by atoms with Crippen molar-refractivity contribution in [2.75, 3.05) is 26.2 Å². The minimum atomic E-state index is 0.256. The molecule has 1 fully saturated rings. The number of aliphatic hydroxyl groups is 1.